The molecule has 2 aliphatic rings. The molecule has 2 aliphatic heterocycles. The average Bonchev–Trinajstić information content (AvgIpc) is 2.82. The summed E-state index contributed by atoms with van der Waals surface area (Å²) in [6, 6.07) is 40.3. The summed E-state index contributed by atoms with van der Waals surface area (Å²) in [5.74, 6) is 0. The number of hydrogen-bond donors (Lipinski definition) is 0. The Morgan fingerprint density at radius 3 is 1.70 bits per heavy atom. The molecule has 0 aromatic heterocycles. The number of rotatable bonds is 0. The smallest absolute Gasteiger partial charge is 0.0611 e. The summed E-state index contributed by atoms with van der Waals surface area (Å²) in [7, 11) is -0.691. The molecule has 140 valence electrons. The molecule has 1 atom stereocenters. The summed E-state index contributed by atoms with van der Waals surface area (Å²) in [5, 5.41) is 5.51. The SMILES string of the molecule is c1ccc2c(c1)-c1ccccc1P1c3cc4ccccc4cc3-c3ccccc3N21. The second kappa shape index (κ2) is 6.05. The van der Waals surface area contributed by atoms with Crippen molar-refractivity contribution in [3.05, 3.63) is 109 Å². The summed E-state index contributed by atoms with van der Waals surface area (Å²) in [6.45, 7) is 0. The number of hydrogen-bond acceptors (Lipinski definition) is 1. The van der Waals surface area contributed by atoms with Gasteiger partial charge < -0.3 is 4.67 Å². The third-order valence-electron chi connectivity index (χ3n) is 6.27. The Bertz CT molecular complexity index is 1470. The molecule has 5 aromatic carbocycles. The Labute approximate surface area is 177 Å². The highest BCUT2D eigenvalue weighted by atomic mass is 31.1. The second-order valence-electron chi connectivity index (χ2n) is 7.89. The molecule has 1 nitrogen and oxygen atoms in total. The van der Waals surface area contributed by atoms with Gasteiger partial charge in [0, 0.05) is 21.7 Å². The third kappa shape index (κ3) is 2.11. The molecular formula is C28H18NP. The van der Waals surface area contributed by atoms with Crippen LogP contribution in [0, 0.1) is 0 Å². The van der Waals surface area contributed by atoms with Gasteiger partial charge in [-0.2, -0.15) is 0 Å². The van der Waals surface area contributed by atoms with Crippen LogP contribution in [0.4, 0.5) is 11.4 Å². The van der Waals surface area contributed by atoms with E-state index in [4.69, 9.17) is 0 Å². The van der Waals surface area contributed by atoms with Crippen molar-refractivity contribution in [1.29, 1.82) is 0 Å². The summed E-state index contributed by atoms with van der Waals surface area (Å²) in [6.07, 6.45) is 0. The minimum Gasteiger partial charge on any atom is -0.310 e. The zero-order valence-electron chi connectivity index (χ0n) is 16.3. The first kappa shape index (κ1) is 16.4. The maximum Gasteiger partial charge on any atom is 0.0611 e. The zero-order chi connectivity index (χ0) is 19.7. The molecule has 30 heavy (non-hydrogen) atoms. The van der Waals surface area contributed by atoms with Crippen LogP contribution in [0.15, 0.2) is 109 Å². The van der Waals surface area contributed by atoms with Crippen LogP contribution in [-0.4, -0.2) is 0 Å². The van der Waals surface area contributed by atoms with E-state index >= 15 is 0 Å². The van der Waals surface area contributed by atoms with Crippen LogP contribution in [0.25, 0.3) is 33.0 Å². The lowest BCUT2D eigenvalue weighted by molar-refractivity contribution is 1.39. The number of para-hydroxylation sites is 2. The minimum absolute atomic E-state index is 0.691. The summed E-state index contributed by atoms with van der Waals surface area (Å²) < 4.78 is 2.61. The predicted octanol–water partition coefficient (Wildman–Crippen LogP) is 6.99. The van der Waals surface area contributed by atoms with Crippen molar-refractivity contribution in [2.24, 2.45) is 0 Å². The van der Waals surface area contributed by atoms with Crippen LogP contribution in [0.2, 0.25) is 0 Å². The van der Waals surface area contributed by atoms with Gasteiger partial charge in [0.2, 0.25) is 0 Å². The minimum atomic E-state index is -0.691. The molecule has 0 radical (unpaired) electrons. The summed E-state index contributed by atoms with van der Waals surface area (Å²) in [5.41, 5.74) is 8.02. The Balaban J connectivity index is 1.65. The van der Waals surface area contributed by atoms with Gasteiger partial charge in [-0.05, 0) is 46.2 Å². The largest absolute Gasteiger partial charge is 0.310 e. The average molecular weight is 399 g/mol. The second-order valence-corrected chi connectivity index (χ2v) is 9.88. The molecule has 5 aromatic rings. The molecule has 1 unspecified atom stereocenters. The van der Waals surface area contributed by atoms with E-state index < -0.39 is 8.07 Å². The first-order valence-electron chi connectivity index (χ1n) is 10.3. The van der Waals surface area contributed by atoms with Crippen molar-refractivity contribution in [3.63, 3.8) is 0 Å². The Morgan fingerprint density at radius 2 is 0.967 bits per heavy atom. The van der Waals surface area contributed by atoms with Gasteiger partial charge in [0.25, 0.3) is 0 Å². The molecular weight excluding hydrogens is 381 g/mol. The van der Waals surface area contributed by atoms with Crippen LogP contribution in [0.1, 0.15) is 0 Å². The van der Waals surface area contributed by atoms with E-state index in [2.05, 4.69) is 114 Å². The molecule has 0 bridgehead atoms. The van der Waals surface area contributed by atoms with E-state index in [0.717, 1.165) is 0 Å². The highest BCUT2D eigenvalue weighted by Crippen LogP contribution is 2.61. The summed E-state index contributed by atoms with van der Waals surface area (Å²) in [4.78, 5) is 0. The Kier molecular flexibility index (Phi) is 3.30. The van der Waals surface area contributed by atoms with Crippen LogP contribution in [-0.2, 0) is 0 Å². The molecule has 2 heteroatoms. The highest BCUT2D eigenvalue weighted by molar-refractivity contribution is 7.75. The number of benzene rings is 5. The van der Waals surface area contributed by atoms with Gasteiger partial charge >= 0.3 is 0 Å². The van der Waals surface area contributed by atoms with Crippen molar-refractivity contribution >= 4 is 40.8 Å². The fourth-order valence-electron chi connectivity index (χ4n) is 4.97. The zero-order valence-corrected chi connectivity index (χ0v) is 17.2. The lowest BCUT2D eigenvalue weighted by atomic mass is 9.98. The maximum absolute atomic E-state index is 2.61. The fourth-order valence-corrected chi connectivity index (χ4v) is 7.76. The van der Waals surface area contributed by atoms with E-state index in [0.29, 0.717) is 0 Å². The number of nitrogens with zero attached hydrogens (tertiary/aromatic N) is 1. The van der Waals surface area contributed by atoms with Gasteiger partial charge in [-0.15, -0.1) is 0 Å². The molecule has 0 aliphatic carbocycles. The van der Waals surface area contributed by atoms with E-state index in [1.807, 2.05) is 0 Å². The van der Waals surface area contributed by atoms with Gasteiger partial charge in [0.05, 0.1) is 19.4 Å². The van der Waals surface area contributed by atoms with E-state index in [-0.39, 0.29) is 0 Å². The standard InChI is InChI=1S/C28H18NP/c1-2-10-20-18-28-24(17-19(20)9-1)22-12-4-7-15-26(22)29-25-14-6-3-11-21(25)23-13-5-8-16-27(23)30(28)29/h1-18H. The van der Waals surface area contributed by atoms with Crippen molar-refractivity contribution in [1.82, 2.24) is 0 Å². The van der Waals surface area contributed by atoms with Crippen LogP contribution in [0.5, 0.6) is 0 Å². The van der Waals surface area contributed by atoms with Crippen molar-refractivity contribution in [2.75, 3.05) is 4.67 Å². The van der Waals surface area contributed by atoms with Gasteiger partial charge in [-0.3, -0.25) is 0 Å². The van der Waals surface area contributed by atoms with Gasteiger partial charge in [0.15, 0.2) is 0 Å². The summed E-state index contributed by atoms with van der Waals surface area (Å²) >= 11 is 0. The first-order chi connectivity index (χ1) is 14.9. The van der Waals surface area contributed by atoms with Crippen molar-refractivity contribution < 1.29 is 0 Å². The molecule has 0 N–H and O–H groups in total. The van der Waals surface area contributed by atoms with Gasteiger partial charge in [-0.1, -0.05) is 84.9 Å². The molecule has 0 fully saturated rings. The molecule has 2 heterocycles. The topological polar surface area (TPSA) is 3.24 Å². The van der Waals surface area contributed by atoms with Crippen LogP contribution >= 0.6 is 8.07 Å². The normalized spacial score (nSPS) is 15.6. The van der Waals surface area contributed by atoms with E-state index in [1.54, 1.807) is 0 Å². The van der Waals surface area contributed by atoms with Gasteiger partial charge in [0.1, 0.15) is 0 Å². The molecule has 0 amide bonds. The molecule has 0 saturated carbocycles. The fraction of sp³-hybridized carbons (Fsp3) is 0. The predicted molar refractivity (Wildman–Crippen MR) is 130 cm³/mol. The monoisotopic (exact) mass is 399 g/mol. The van der Waals surface area contributed by atoms with E-state index in [1.165, 1.54) is 55.0 Å². The van der Waals surface area contributed by atoms with Crippen molar-refractivity contribution in [3.8, 4) is 22.3 Å². The lowest BCUT2D eigenvalue weighted by Crippen LogP contribution is -2.33. The van der Waals surface area contributed by atoms with Crippen molar-refractivity contribution in [2.45, 2.75) is 0 Å². The lowest BCUT2D eigenvalue weighted by Gasteiger charge is -2.44. The molecule has 0 saturated heterocycles. The number of fused-ring (bicyclic) bond motifs is 12. The maximum atomic E-state index is 2.61. The highest BCUT2D eigenvalue weighted by Gasteiger charge is 2.38. The number of anilines is 2. The Hall–Kier alpha value is -3.41. The molecule has 0 spiro atoms. The van der Waals surface area contributed by atoms with Crippen LogP contribution < -0.4 is 15.3 Å². The first-order valence-corrected chi connectivity index (χ1v) is 11.6. The quantitative estimate of drug-likeness (QED) is 0.254. The molecule has 7 rings (SSSR count). The van der Waals surface area contributed by atoms with E-state index in [9.17, 15) is 0 Å². The Morgan fingerprint density at radius 1 is 0.433 bits per heavy atom. The van der Waals surface area contributed by atoms with Crippen LogP contribution in [0.3, 0.4) is 0 Å². The van der Waals surface area contributed by atoms with Gasteiger partial charge in [-0.25, -0.2) is 0 Å². The third-order valence-corrected chi connectivity index (χ3v) is 8.77.